The van der Waals surface area contributed by atoms with Crippen LogP contribution in [-0.4, -0.2) is 20.1 Å². The van der Waals surface area contributed by atoms with E-state index in [4.69, 9.17) is 13.9 Å². The Balaban J connectivity index is 2.28. The molecule has 0 atom stereocenters. The number of methoxy groups -OCH3 is 2. The largest absolute Gasteiger partial charge is 0.493 e. The molecule has 0 aliphatic rings. The zero-order chi connectivity index (χ0) is 13.8. The number of furan rings is 1. The van der Waals surface area contributed by atoms with Gasteiger partial charge in [0.05, 0.1) is 31.7 Å². The highest BCUT2D eigenvalue weighted by molar-refractivity contribution is 6.04. The third kappa shape index (κ3) is 2.67. The van der Waals surface area contributed by atoms with Crippen LogP contribution in [0.2, 0.25) is 0 Å². The van der Waals surface area contributed by atoms with Crippen LogP contribution in [0.1, 0.15) is 10.4 Å². The normalized spacial score (nSPS) is 10.1. The first-order valence-electron chi connectivity index (χ1n) is 5.40. The van der Waals surface area contributed by atoms with Crippen molar-refractivity contribution in [1.82, 2.24) is 0 Å². The van der Waals surface area contributed by atoms with Crippen molar-refractivity contribution in [3.63, 3.8) is 0 Å². The number of carbonyl (C=O) groups excluding carboxylic acids is 1. The van der Waals surface area contributed by atoms with E-state index in [0.29, 0.717) is 11.3 Å². The fraction of sp³-hybridized carbons (Fsp3) is 0.154. The van der Waals surface area contributed by atoms with E-state index in [1.54, 1.807) is 0 Å². The molecule has 0 saturated heterocycles. The quantitative estimate of drug-likeness (QED) is 0.923. The van der Waals surface area contributed by atoms with Crippen molar-refractivity contribution in [3.8, 4) is 11.5 Å². The maximum Gasteiger partial charge on any atom is 0.258 e. The van der Waals surface area contributed by atoms with Gasteiger partial charge in [-0.2, -0.15) is 0 Å². The molecular weight excluding hydrogens is 253 g/mol. The van der Waals surface area contributed by atoms with E-state index in [9.17, 15) is 9.18 Å². The average Bonchev–Trinajstić information content (AvgIpc) is 2.94. The summed E-state index contributed by atoms with van der Waals surface area (Å²) in [5.41, 5.74) is 0.304. The molecule has 19 heavy (non-hydrogen) atoms. The lowest BCUT2D eigenvalue weighted by Gasteiger charge is -2.11. The van der Waals surface area contributed by atoms with Crippen LogP contribution < -0.4 is 14.8 Å². The molecule has 100 valence electrons. The van der Waals surface area contributed by atoms with Crippen LogP contribution in [-0.2, 0) is 0 Å². The highest BCUT2D eigenvalue weighted by Crippen LogP contribution is 2.32. The summed E-state index contributed by atoms with van der Waals surface area (Å²) in [5.74, 6) is -0.512. The fourth-order valence-corrected chi connectivity index (χ4v) is 1.54. The molecule has 0 fully saturated rings. The van der Waals surface area contributed by atoms with Gasteiger partial charge in [-0.3, -0.25) is 4.79 Å². The van der Waals surface area contributed by atoms with Crippen molar-refractivity contribution in [1.29, 1.82) is 0 Å². The Morgan fingerprint density at radius 1 is 1.26 bits per heavy atom. The third-order valence-electron chi connectivity index (χ3n) is 2.50. The third-order valence-corrected chi connectivity index (χ3v) is 2.50. The molecule has 1 aromatic heterocycles. The van der Waals surface area contributed by atoms with Crippen molar-refractivity contribution in [2.24, 2.45) is 0 Å². The number of amides is 1. The number of carbonyl (C=O) groups is 1. The molecule has 1 amide bonds. The van der Waals surface area contributed by atoms with Crippen molar-refractivity contribution in [3.05, 3.63) is 42.1 Å². The molecule has 5 nitrogen and oxygen atoms in total. The van der Waals surface area contributed by atoms with Gasteiger partial charge in [0.25, 0.3) is 5.91 Å². The Hall–Kier alpha value is -2.50. The van der Waals surface area contributed by atoms with E-state index >= 15 is 0 Å². The summed E-state index contributed by atoms with van der Waals surface area (Å²) in [5, 5.41) is 2.43. The number of hydrogen-bond acceptors (Lipinski definition) is 4. The summed E-state index contributed by atoms with van der Waals surface area (Å²) in [6.45, 7) is 0. The van der Waals surface area contributed by atoms with Crippen molar-refractivity contribution in [2.45, 2.75) is 0 Å². The molecule has 0 saturated carbocycles. The van der Waals surface area contributed by atoms with E-state index in [0.717, 1.165) is 6.07 Å². The molecule has 1 N–H and O–H groups in total. The highest BCUT2D eigenvalue weighted by atomic mass is 19.1. The van der Waals surface area contributed by atoms with Gasteiger partial charge in [0.15, 0.2) is 17.3 Å². The van der Waals surface area contributed by atoms with Gasteiger partial charge in [0.2, 0.25) is 0 Å². The molecule has 1 heterocycles. The number of halogens is 1. The van der Waals surface area contributed by atoms with Crippen LogP contribution in [0.3, 0.4) is 0 Å². The van der Waals surface area contributed by atoms with Gasteiger partial charge in [-0.1, -0.05) is 0 Å². The van der Waals surface area contributed by atoms with Crippen LogP contribution in [0.25, 0.3) is 0 Å². The molecule has 0 spiro atoms. The molecule has 2 rings (SSSR count). The molecule has 0 radical (unpaired) electrons. The van der Waals surface area contributed by atoms with Gasteiger partial charge in [0, 0.05) is 12.1 Å². The number of hydrogen-bond donors (Lipinski definition) is 1. The number of anilines is 1. The van der Waals surface area contributed by atoms with Gasteiger partial charge < -0.3 is 19.2 Å². The minimum absolute atomic E-state index is 0.00356. The maximum atomic E-state index is 13.8. The van der Waals surface area contributed by atoms with Gasteiger partial charge in [-0.05, 0) is 6.07 Å². The van der Waals surface area contributed by atoms with E-state index in [-0.39, 0.29) is 11.4 Å². The van der Waals surface area contributed by atoms with Crippen molar-refractivity contribution >= 4 is 11.6 Å². The van der Waals surface area contributed by atoms with Gasteiger partial charge in [-0.25, -0.2) is 4.39 Å². The SMILES string of the molecule is COc1cc(F)c(NC(=O)c2ccoc2)cc1OC. The van der Waals surface area contributed by atoms with Gasteiger partial charge in [-0.15, -0.1) is 0 Å². The van der Waals surface area contributed by atoms with Crippen LogP contribution >= 0.6 is 0 Å². The van der Waals surface area contributed by atoms with Crippen LogP contribution in [0, 0.1) is 5.82 Å². The number of rotatable bonds is 4. The summed E-state index contributed by atoms with van der Waals surface area (Å²) in [7, 11) is 2.83. The second-order valence-corrected chi connectivity index (χ2v) is 3.65. The molecule has 2 aromatic rings. The monoisotopic (exact) mass is 265 g/mol. The van der Waals surface area contributed by atoms with Crippen molar-refractivity contribution < 1.29 is 23.1 Å². The lowest BCUT2D eigenvalue weighted by Crippen LogP contribution is -2.12. The van der Waals surface area contributed by atoms with Crippen LogP contribution in [0.4, 0.5) is 10.1 Å². The topological polar surface area (TPSA) is 60.7 Å². The molecule has 1 aromatic carbocycles. The standard InChI is InChI=1S/C13H12FNO4/c1-17-11-5-9(14)10(6-12(11)18-2)15-13(16)8-3-4-19-7-8/h3-7H,1-2H3,(H,15,16). The fourth-order valence-electron chi connectivity index (χ4n) is 1.54. The zero-order valence-electron chi connectivity index (χ0n) is 10.4. The predicted octanol–water partition coefficient (Wildman–Crippen LogP) is 2.69. The van der Waals surface area contributed by atoms with E-state index < -0.39 is 11.7 Å². The van der Waals surface area contributed by atoms with Crippen LogP contribution in [0.5, 0.6) is 11.5 Å². The summed E-state index contributed by atoms with van der Waals surface area (Å²) in [6, 6.07) is 3.98. The zero-order valence-corrected chi connectivity index (χ0v) is 10.4. The van der Waals surface area contributed by atoms with Crippen molar-refractivity contribution in [2.75, 3.05) is 19.5 Å². The van der Waals surface area contributed by atoms with Crippen LogP contribution in [0.15, 0.2) is 35.1 Å². The second kappa shape index (κ2) is 5.43. The predicted molar refractivity (Wildman–Crippen MR) is 66.2 cm³/mol. The van der Waals surface area contributed by atoms with E-state index in [2.05, 4.69) is 5.32 Å². The minimum atomic E-state index is -0.616. The summed E-state index contributed by atoms with van der Waals surface area (Å²) < 4.78 is 28.6. The summed E-state index contributed by atoms with van der Waals surface area (Å²) in [6.07, 6.45) is 2.63. The first kappa shape index (κ1) is 12.9. The lowest BCUT2D eigenvalue weighted by molar-refractivity contribution is 0.102. The Morgan fingerprint density at radius 2 is 1.95 bits per heavy atom. The Bertz CT molecular complexity index is 581. The molecule has 0 aliphatic carbocycles. The summed E-state index contributed by atoms with van der Waals surface area (Å²) in [4.78, 5) is 11.8. The first-order chi connectivity index (χ1) is 9.15. The lowest BCUT2D eigenvalue weighted by atomic mass is 10.2. The Labute approximate surface area is 108 Å². The Kier molecular flexibility index (Phi) is 3.70. The maximum absolute atomic E-state index is 13.8. The molecule has 6 heteroatoms. The highest BCUT2D eigenvalue weighted by Gasteiger charge is 2.14. The first-order valence-corrected chi connectivity index (χ1v) is 5.40. The summed E-state index contributed by atoms with van der Waals surface area (Å²) >= 11 is 0. The number of ether oxygens (including phenoxy) is 2. The number of nitrogens with one attached hydrogen (secondary N) is 1. The minimum Gasteiger partial charge on any atom is -0.493 e. The van der Waals surface area contributed by atoms with Gasteiger partial charge >= 0.3 is 0 Å². The van der Waals surface area contributed by atoms with E-state index in [1.165, 1.54) is 38.9 Å². The Morgan fingerprint density at radius 3 is 2.53 bits per heavy atom. The molecule has 0 aliphatic heterocycles. The number of benzene rings is 1. The molecule has 0 bridgehead atoms. The molecular formula is C13H12FNO4. The average molecular weight is 265 g/mol. The molecule has 0 unspecified atom stereocenters. The smallest absolute Gasteiger partial charge is 0.258 e. The second-order valence-electron chi connectivity index (χ2n) is 3.65. The van der Waals surface area contributed by atoms with Gasteiger partial charge in [0.1, 0.15) is 6.26 Å². The van der Waals surface area contributed by atoms with E-state index in [1.807, 2.05) is 0 Å².